The summed E-state index contributed by atoms with van der Waals surface area (Å²) in [5, 5.41) is 3.11. The molecule has 0 spiro atoms. The van der Waals surface area contributed by atoms with Gasteiger partial charge >= 0.3 is 5.51 Å². The lowest BCUT2D eigenvalue weighted by Gasteiger charge is -2.18. The molecule has 1 unspecified atom stereocenters. The maximum atomic E-state index is 11.9. The van der Waals surface area contributed by atoms with Gasteiger partial charge in [-0.05, 0) is 18.2 Å². The first kappa shape index (κ1) is 14.6. The fraction of sp³-hybridized carbons (Fsp3) is 0.900. The zero-order valence-corrected chi connectivity index (χ0v) is 10.7. The second-order valence-electron chi connectivity index (χ2n) is 4.28. The van der Waals surface area contributed by atoms with Gasteiger partial charge in [0.05, 0.1) is 6.04 Å². The van der Waals surface area contributed by atoms with Gasteiger partial charge < -0.3 is 10.2 Å². The summed E-state index contributed by atoms with van der Waals surface area (Å²) in [5.74, 6) is -0.176. The number of likely N-dealkylation sites (tertiary alicyclic amines) is 1. The highest BCUT2D eigenvalue weighted by molar-refractivity contribution is 8.00. The molecular formula is C10H17F3N2OS. The van der Waals surface area contributed by atoms with E-state index in [1.54, 1.807) is 0 Å². The van der Waals surface area contributed by atoms with Crippen molar-refractivity contribution in [1.82, 2.24) is 10.2 Å². The third kappa shape index (κ3) is 5.16. The molecule has 1 aliphatic heterocycles. The molecule has 7 heteroatoms. The second kappa shape index (κ2) is 5.95. The molecule has 17 heavy (non-hydrogen) atoms. The summed E-state index contributed by atoms with van der Waals surface area (Å²) in [5.41, 5.74) is -4.21. The van der Waals surface area contributed by atoms with E-state index in [2.05, 4.69) is 5.32 Å². The Bertz CT molecular complexity index is 271. The molecule has 1 atom stereocenters. The Hall–Kier alpha value is -0.430. The first-order valence-corrected chi connectivity index (χ1v) is 6.53. The Kier molecular flexibility index (Phi) is 5.12. The van der Waals surface area contributed by atoms with E-state index in [1.165, 1.54) is 4.90 Å². The molecule has 0 aromatic heterocycles. The van der Waals surface area contributed by atoms with E-state index >= 15 is 0 Å². The van der Waals surface area contributed by atoms with Gasteiger partial charge in [0.2, 0.25) is 5.91 Å². The fourth-order valence-electron chi connectivity index (χ4n) is 1.79. The van der Waals surface area contributed by atoms with Crippen LogP contribution in [0.1, 0.15) is 20.3 Å². The highest BCUT2D eigenvalue weighted by atomic mass is 32.2. The van der Waals surface area contributed by atoms with Crippen LogP contribution in [0.25, 0.3) is 0 Å². The third-order valence-corrected chi connectivity index (χ3v) is 3.17. The lowest BCUT2D eigenvalue weighted by atomic mass is 10.2. The van der Waals surface area contributed by atoms with Crippen molar-refractivity contribution in [2.24, 2.45) is 0 Å². The number of rotatable bonds is 5. The van der Waals surface area contributed by atoms with Crippen molar-refractivity contribution in [3.05, 3.63) is 0 Å². The van der Waals surface area contributed by atoms with Crippen LogP contribution < -0.4 is 5.32 Å². The van der Waals surface area contributed by atoms with Crippen LogP contribution in [0, 0.1) is 0 Å². The van der Waals surface area contributed by atoms with Crippen LogP contribution in [0.15, 0.2) is 0 Å². The Morgan fingerprint density at radius 3 is 2.71 bits per heavy atom. The molecule has 1 rings (SSSR count). The molecule has 1 amide bonds. The van der Waals surface area contributed by atoms with Crippen LogP contribution >= 0.6 is 11.8 Å². The quantitative estimate of drug-likeness (QED) is 0.827. The molecular weight excluding hydrogens is 253 g/mol. The van der Waals surface area contributed by atoms with Crippen molar-refractivity contribution in [1.29, 1.82) is 0 Å². The van der Waals surface area contributed by atoms with E-state index in [-0.39, 0.29) is 42.1 Å². The Balaban J connectivity index is 2.30. The molecule has 1 fully saturated rings. The predicted octanol–water partition coefficient (Wildman–Crippen LogP) is 1.84. The zero-order chi connectivity index (χ0) is 13.1. The summed E-state index contributed by atoms with van der Waals surface area (Å²) < 4.78 is 35.8. The Labute approximate surface area is 103 Å². The average molecular weight is 270 g/mol. The third-order valence-electron chi connectivity index (χ3n) is 2.46. The molecule has 0 aromatic rings. The molecule has 1 saturated heterocycles. The molecule has 0 bridgehead atoms. The van der Waals surface area contributed by atoms with Crippen molar-refractivity contribution >= 4 is 17.7 Å². The van der Waals surface area contributed by atoms with E-state index in [9.17, 15) is 18.0 Å². The number of carbonyl (C=O) groups excluding carboxylic acids is 1. The summed E-state index contributed by atoms with van der Waals surface area (Å²) in [7, 11) is 0. The number of nitrogens with one attached hydrogen (secondary N) is 1. The van der Waals surface area contributed by atoms with Gasteiger partial charge in [-0.1, -0.05) is 13.8 Å². The van der Waals surface area contributed by atoms with Crippen molar-refractivity contribution in [2.45, 2.75) is 37.9 Å². The number of amides is 1. The summed E-state index contributed by atoms with van der Waals surface area (Å²) >= 11 is -0.0767. The van der Waals surface area contributed by atoms with Gasteiger partial charge in [-0.3, -0.25) is 4.79 Å². The van der Waals surface area contributed by atoms with Gasteiger partial charge in [-0.25, -0.2) is 0 Å². The van der Waals surface area contributed by atoms with Crippen molar-refractivity contribution < 1.29 is 18.0 Å². The zero-order valence-electron chi connectivity index (χ0n) is 9.88. The SMILES string of the molecule is CC(C)NC1CCN(CCSC(F)(F)F)C1=O. The van der Waals surface area contributed by atoms with Crippen molar-refractivity contribution in [3.63, 3.8) is 0 Å². The number of halogens is 3. The van der Waals surface area contributed by atoms with E-state index in [4.69, 9.17) is 0 Å². The van der Waals surface area contributed by atoms with Crippen LogP contribution in [0.3, 0.4) is 0 Å². The number of hydrogen-bond acceptors (Lipinski definition) is 3. The minimum atomic E-state index is -4.21. The van der Waals surface area contributed by atoms with Gasteiger partial charge in [-0.2, -0.15) is 13.2 Å². The van der Waals surface area contributed by atoms with Crippen LogP contribution in [0.2, 0.25) is 0 Å². The van der Waals surface area contributed by atoms with E-state index < -0.39 is 5.51 Å². The highest BCUT2D eigenvalue weighted by Gasteiger charge is 2.33. The van der Waals surface area contributed by atoms with Crippen molar-refractivity contribution in [2.75, 3.05) is 18.8 Å². The number of nitrogens with zero attached hydrogens (tertiary/aromatic N) is 1. The van der Waals surface area contributed by atoms with Gasteiger partial charge in [-0.15, -0.1) is 0 Å². The fourth-order valence-corrected chi connectivity index (χ4v) is 2.33. The molecule has 0 aliphatic carbocycles. The Morgan fingerprint density at radius 1 is 1.53 bits per heavy atom. The first-order chi connectivity index (χ1) is 7.79. The Morgan fingerprint density at radius 2 is 2.18 bits per heavy atom. The monoisotopic (exact) mass is 270 g/mol. The lowest BCUT2D eigenvalue weighted by Crippen LogP contribution is -2.42. The molecule has 100 valence electrons. The first-order valence-electron chi connectivity index (χ1n) is 5.55. The molecule has 0 radical (unpaired) electrons. The minimum absolute atomic E-state index is 0.0767. The molecule has 1 N–H and O–H groups in total. The summed E-state index contributed by atoms with van der Waals surface area (Å²) in [6.07, 6.45) is 0.674. The van der Waals surface area contributed by atoms with E-state index in [0.29, 0.717) is 13.0 Å². The van der Waals surface area contributed by atoms with Gasteiger partial charge in [0.15, 0.2) is 0 Å². The molecule has 0 aromatic carbocycles. The minimum Gasteiger partial charge on any atom is -0.340 e. The number of alkyl halides is 3. The van der Waals surface area contributed by atoms with Crippen LogP contribution in [0.4, 0.5) is 13.2 Å². The smallest absolute Gasteiger partial charge is 0.340 e. The number of thioether (sulfide) groups is 1. The van der Waals surface area contributed by atoms with Crippen LogP contribution in [-0.2, 0) is 4.79 Å². The average Bonchev–Trinajstić information content (AvgIpc) is 2.47. The summed E-state index contributed by atoms with van der Waals surface area (Å²) in [4.78, 5) is 13.3. The predicted molar refractivity (Wildman–Crippen MR) is 61.8 cm³/mol. The normalized spacial score (nSPS) is 21.6. The lowest BCUT2D eigenvalue weighted by molar-refractivity contribution is -0.129. The number of hydrogen-bond donors (Lipinski definition) is 1. The van der Waals surface area contributed by atoms with Crippen molar-refractivity contribution in [3.8, 4) is 0 Å². The highest BCUT2D eigenvalue weighted by Crippen LogP contribution is 2.30. The van der Waals surface area contributed by atoms with Gasteiger partial charge in [0.25, 0.3) is 0 Å². The summed E-state index contributed by atoms with van der Waals surface area (Å²) in [6.45, 7) is 4.59. The maximum Gasteiger partial charge on any atom is 0.441 e. The molecule has 1 aliphatic rings. The number of carbonyl (C=O) groups is 1. The second-order valence-corrected chi connectivity index (χ2v) is 5.44. The van der Waals surface area contributed by atoms with Gasteiger partial charge in [0.1, 0.15) is 0 Å². The summed E-state index contributed by atoms with van der Waals surface area (Å²) in [6, 6.07) is -0.0284. The standard InChI is InChI=1S/C10H17F3N2OS/c1-7(2)14-8-3-4-15(9(8)16)5-6-17-10(11,12)13/h7-8,14H,3-6H2,1-2H3. The van der Waals surface area contributed by atoms with Crippen LogP contribution in [0.5, 0.6) is 0 Å². The molecule has 0 saturated carbocycles. The molecule has 1 heterocycles. The van der Waals surface area contributed by atoms with Gasteiger partial charge in [0, 0.05) is 24.9 Å². The molecule has 3 nitrogen and oxygen atoms in total. The largest absolute Gasteiger partial charge is 0.441 e. The topological polar surface area (TPSA) is 32.3 Å². The van der Waals surface area contributed by atoms with E-state index in [1.807, 2.05) is 13.8 Å². The maximum absolute atomic E-state index is 11.9. The van der Waals surface area contributed by atoms with Crippen LogP contribution in [-0.4, -0.2) is 47.2 Å². The van der Waals surface area contributed by atoms with E-state index in [0.717, 1.165) is 0 Å².